The molecule has 100 valence electrons. The van der Waals surface area contributed by atoms with Crippen molar-refractivity contribution >= 4 is 0 Å². The molecule has 0 bridgehead atoms. The van der Waals surface area contributed by atoms with E-state index in [9.17, 15) is 0 Å². The van der Waals surface area contributed by atoms with Gasteiger partial charge in [-0.05, 0) is 24.5 Å². The second-order valence-corrected chi connectivity index (χ2v) is 5.16. The Hall–Kier alpha value is -0.900. The third-order valence-electron chi connectivity index (χ3n) is 3.67. The highest BCUT2D eigenvalue weighted by Gasteiger charge is 2.25. The van der Waals surface area contributed by atoms with Crippen LogP contribution in [0.15, 0.2) is 24.3 Å². The molecule has 1 aromatic carbocycles. The normalized spacial score (nSPS) is 25.3. The van der Waals surface area contributed by atoms with Crippen LogP contribution in [0.25, 0.3) is 0 Å². The first kappa shape index (κ1) is 13.5. The molecule has 2 N–H and O–H groups in total. The number of ether oxygens (including phenoxy) is 1. The Labute approximate surface area is 110 Å². The van der Waals surface area contributed by atoms with Gasteiger partial charge in [0.15, 0.2) is 0 Å². The number of nitrogens with two attached hydrogens (primary N) is 1. The maximum Gasteiger partial charge on any atom is 0.0674 e. The van der Waals surface area contributed by atoms with E-state index in [1.807, 2.05) is 0 Å². The predicted molar refractivity (Wildman–Crippen MR) is 74.2 cm³/mol. The molecule has 1 heterocycles. The lowest BCUT2D eigenvalue weighted by Crippen LogP contribution is -2.47. The summed E-state index contributed by atoms with van der Waals surface area (Å²) in [6.07, 6.45) is 1.48. The standard InChI is InChI=1S/C15H24N2O/c1-3-15-11-18-12(2)9-17(15)10-14-6-4-5-13(7-14)8-16/h4-7,12,15H,3,8-11,16H2,1-2H3. The Balaban J connectivity index is 2.05. The van der Waals surface area contributed by atoms with Crippen LogP contribution in [0, 0.1) is 0 Å². The summed E-state index contributed by atoms with van der Waals surface area (Å²) >= 11 is 0. The lowest BCUT2D eigenvalue weighted by Gasteiger charge is -2.38. The van der Waals surface area contributed by atoms with E-state index in [0.717, 1.165) is 26.1 Å². The van der Waals surface area contributed by atoms with E-state index < -0.39 is 0 Å². The SMILES string of the molecule is CCC1COC(C)CN1Cc1cccc(CN)c1. The Bertz CT molecular complexity index is 381. The number of hydrogen-bond acceptors (Lipinski definition) is 3. The predicted octanol–water partition coefficient (Wildman–Crippen LogP) is 2.14. The van der Waals surface area contributed by atoms with Gasteiger partial charge in [-0.15, -0.1) is 0 Å². The summed E-state index contributed by atoms with van der Waals surface area (Å²) in [6, 6.07) is 9.13. The van der Waals surface area contributed by atoms with Crippen LogP contribution in [-0.2, 0) is 17.8 Å². The Morgan fingerprint density at radius 1 is 1.39 bits per heavy atom. The minimum absolute atomic E-state index is 0.338. The van der Waals surface area contributed by atoms with E-state index in [0.29, 0.717) is 18.7 Å². The van der Waals surface area contributed by atoms with E-state index in [2.05, 4.69) is 43.0 Å². The number of benzene rings is 1. The molecule has 0 spiro atoms. The summed E-state index contributed by atoms with van der Waals surface area (Å²) in [4.78, 5) is 2.53. The lowest BCUT2D eigenvalue weighted by molar-refractivity contribution is -0.0592. The van der Waals surface area contributed by atoms with Gasteiger partial charge in [0, 0.05) is 25.7 Å². The number of rotatable bonds is 4. The van der Waals surface area contributed by atoms with Crippen molar-refractivity contribution in [3.63, 3.8) is 0 Å². The van der Waals surface area contributed by atoms with Crippen molar-refractivity contribution in [2.45, 2.75) is 45.5 Å². The minimum atomic E-state index is 0.338. The molecule has 1 aliphatic rings. The molecule has 3 nitrogen and oxygen atoms in total. The summed E-state index contributed by atoms with van der Waals surface area (Å²) in [5, 5.41) is 0. The highest BCUT2D eigenvalue weighted by atomic mass is 16.5. The Morgan fingerprint density at radius 2 is 2.17 bits per heavy atom. The maximum atomic E-state index is 5.73. The van der Waals surface area contributed by atoms with Gasteiger partial charge in [0.1, 0.15) is 0 Å². The van der Waals surface area contributed by atoms with Crippen molar-refractivity contribution in [3.05, 3.63) is 35.4 Å². The molecule has 0 aromatic heterocycles. The molecule has 2 unspecified atom stereocenters. The molecule has 0 saturated carbocycles. The molecule has 0 aliphatic carbocycles. The van der Waals surface area contributed by atoms with E-state index in [4.69, 9.17) is 10.5 Å². The number of hydrogen-bond donors (Lipinski definition) is 1. The van der Waals surface area contributed by atoms with Crippen LogP contribution in [0.3, 0.4) is 0 Å². The first-order valence-corrected chi connectivity index (χ1v) is 6.86. The average molecular weight is 248 g/mol. The van der Waals surface area contributed by atoms with Crippen LogP contribution >= 0.6 is 0 Å². The van der Waals surface area contributed by atoms with E-state index in [-0.39, 0.29) is 0 Å². The summed E-state index contributed by atoms with van der Waals surface area (Å²) in [6.45, 7) is 7.87. The molecule has 1 aliphatic heterocycles. The molecule has 1 saturated heterocycles. The fourth-order valence-electron chi connectivity index (χ4n) is 2.57. The molecule has 1 aromatic rings. The quantitative estimate of drug-likeness (QED) is 0.887. The smallest absolute Gasteiger partial charge is 0.0674 e. The number of nitrogens with zero attached hydrogens (tertiary/aromatic N) is 1. The van der Waals surface area contributed by atoms with Crippen molar-refractivity contribution < 1.29 is 4.74 Å². The van der Waals surface area contributed by atoms with Gasteiger partial charge in [0.05, 0.1) is 12.7 Å². The molecule has 2 atom stereocenters. The van der Waals surface area contributed by atoms with Gasteiger partial charge in [0.2, 0.25) is 0 Å². The average Bonchev–Trinajstić information content (AvgIpc) is 2.39. The fourth-order valence-corrected chi connectivity index (χ4v) is 2.57. The second kappa shape index (κ2) is 6.32. The van der Waals surface area contributed by atoms with Crippen LogP contribution < -0.4 is 5.73 Å². The van der Waals surface area contributed by atoms with Gasteiger partial charge in [-0.25, -0.2) is 0 Å². The van der Waals surface area contributed by atoms with Crippen LogP contribution in [0.2, 0.25) is 0 Å². The second-order valence-electron chi connectivity index (χ2n) is 5.16. The molecule has 18 heavy (non-hydrogen) atoms. The van der Waals surface area contributed by atoms with Crippen LogP contribution in [0.4, 0.5) is 0 Å². The molecule has 3 heteroatoms. The van der Waals surface area contributed by atoms with Gasteiger partial charge in [0.25, 0.3) is 0 Å². The molecular weight excluding hydrogens is 224 g/mol. The van der Waals surface area contributed by atoms with Gasteiger partial charge >= 0.3 is 0 Å². The third kappa shape index (κ3) is 3.31. The highest BCUT2D eigenvalue weighted by molar-refractivity contribution is 5.23. The van der Waals surface area contributed by atoms with E-state index >= 15 is 0 Å². The zero-order valence-electron chi connectivity index (χ0n) is 11.4. The van der Waals surface area contributed by atoms with Crippen LogP contribution in [-0.4, -0.2) is 30.2 Å². The zero-order chi connectivity index (χ0) is 13.0. The van der Waals surface area contributed by atoms with Crippen molar-refractivity contribution in [1.29, 1.82) is 0 Å². The first-order chi connectivity index (χ1) is 8.72. The lowest BCUT2D eigenvalue weighted by atomic mass is 10.1. The topological polar surface area (TPSA) is 38.5 Å². The first-order valence-electron chi connectivity index (χ1n) is 6.86. The van der Waals surface area contributed by atoms with Gasteiger partial charge in [-0.3, -0.25) is 4.90 Å². The summed E-state index contributed by atoms with van der Waals surface area (Å²) in [5.41, 5.74) is 8.26. The van der Waals surface area contributed by atoms with Gasteiger partial charge < -0.3 is 10.5 Å². The molecule has 0 radical (unpaired) electrons. The van der Waals surface area contributed by atoms with Crippen LogP contribution in [0.5, 0.6) is 0 Å². The highest BCUT2D eigenvalue weighted by Crippen LogP contribution is 2.18. The van der Waals surface area contributed by atoms with Crippen LogP contribution in [0.1, 0.15) is 31.4 Å². The zero-order valence-corrected chi connectivity index (χ0v) is 11.4. The Kier molecular flexibility index (Phi) is 4.75. The number of morpholine rings is 1. The van der Waals surface area contributed by atoms with Crippen molar-refractivity contribution in [2.24, 2.45) is 5.73 Å². The fraction of sp³-hybridized carbons (Fsp3) is 0.600. The minimum Gasteiger partial charge on any atom is -0.376 e. The summed E-state index contributed by atoms with van der Waals surface area (Å²) in [5.74, 6) is 0. The van der Waals surface area contributed by atoms with Crippen molar-refractivity contribution in [1.82, 2.24) is 4.90 Å². The van der Waals surface area contributed by atoms with Crippen molar-refractivity contribution in [3.8, 4) is 0 Å². The summed E-state index contributed by atoms with van der Waals surface area (Å²) in [7, 11) is 0. The van der Waals surface area contributed by atoms with E-state index in [1.165, 1.54) is 11.1 Å². The van der Waals surface area contributed by atoms with Crippen molar-refractivity contribution in [2.75, 3.05) is 13.2 Å². The molecule has 2 rings (SSSR count). The van der Waals surface area contributed by atoms with E-state index in [1.54, 1.807) is 0 Å². The summed E-state index contributed by atoms with van der Waals surface area (Å²) < 4.78 is 5.73. The third-order valence-corrected chi connectivity index (χ3v) is 3.67. The maximum absolute atomic E-state index is 5.73. The van der Waals surface area contributed by atoms with Gasteiger partial charge in [-0.1, -0.05) is 31.2 Å². The largest absolute Gasteiger partial charge is 0.376 e. The monoisotopic (exact) mass is 248 g/mol. The molecule has 1 fully saturated rings. The van der Waals surface area contributed by atoms with Gasteiger partial charge in [-0.2, -0.15) is 0 Å². The molecule has 0 amide bonds. The molecular formula is C15H24N2O. The Morgan fingerprint density at radius 3 is 2.89 bits per heavy atom.